The van der Waals surface area contributed by atoms with Gasteiger partial charge in [-0.2, -0.15) is 0 Å². The van der Waals surface area contributed by atoms with E-state index in [-0.39, 0.29) is 23.0 Å². The molecule has 1 aromatic carbocycles. The average molecular weight is 571 g/mol. The summed E-state index contributed by atoms with van der Waals surface area (Å²) in [4.78, 5) is 0. The number of methoxy groups -OCH3 is 2. The maximum Gasteiger partial charge on any atom is 0.200 e. The van der Waals surface area contributed by atoms with Crippen LogP contribution in [0.2, 0.25) is 0 Å². The number of hydrogen-bond donors (Lipinski definition) is 9. The lowest BCUT2D eigenvalue weighted by Crippen LogP contribution is -2.58. The average Bonchev–Trinajstić information content (AvgIpc) is 2.90. The molecular formula is C22H34O13S2. The number of aliphatic hydroxyl groups excluding tert-OH is 8. The fourth-order valence-electron chi connectivity index (χ4n) is 4.04. The molecule has 2 fully saturated rings. The van der Waals surface area contributed by atoms with Gasteiger partial charge >= 0.3 is 0 Å². The molecule has 37 heavy (non-hydrogen) atoms. The number of aromatic hydroxyl groups is 1. The van der Waals surface area contributed by atoms with Gasteiger partial charge in [0.15, 0.2) is 11.5 Å². The second kappa shape index (κ2) is 13.3. The van der Waals surface area contributed by atoms with Gasteiger partial charge in [0.1, 0.15) is 59.7 Å². The third-order valence-corrected chi connectivity index (χ3v) is 9.16. The van der Waals surface area contributed by atoms with E-state index < -0.39 is 78.2 Å². The molecule has 2 aliphatic rings. The summed E-state index contributed by atoms with van der Waals surface area (Å²) in [6, 6.07) is 3.04. The van der Waals surface area contributed by atoms with E-state index in [9.17, 15) is 46.0 Å². The van der Waals surface area contributed by atoms with Crippen molar-refractivity contribution in [2.75, 3.05) is 33.2 Å². The molecule has 0 saturated carbocycles. The number of phenols is 1. The minimum Gasteiger partial charge on any atom is -0.502 e. The lowest BCUT2D eigenvalue weighted by atomic mass is 10.0. The van der Waals surface area contributed by atoms with E-state index in [2.05, 4.69) is 0 Å². The van der Waals surface area contributed by atoms with E-state index in [0.29, 0.717) is 5.56 Å². The van der Waals surface area contributed by atoms with Gasteiger partial charge in [0, 0.05) is 11.0 Å². The summed E-state index contributed by atoms with van der Waals surface area (Å²) in [5, 5.41) is 90.2. The highest BCUT2D eigenvalue weighted by molar-refractivity contribution is 8.03. The van der Waals surface area contributed by atoms with Gasteiger partial charge < -0.3 is 64.9 Å². The highest BCUT2D eigenvalue weighted by Gasteiger charge is 2.46. The molecule has 15 heteroatoms. The smallest absolute Gasteiger partial charge is 0.200 e. The lowest BCUT2D eigenvalue weighted by molar-refractivity contribution is -0.205. The second-order valence-corrected chi connectivity index (χ2v) is 11.1. The van der Waals surface area contributed by atoms with Crippen LogP contribution in [-0.4, -0.2) is 139 Å². The van der Waals surface area contributed by atoms with E-state index in [1.54, 1.807) is 0 Å². The molecule has 2 saturated heterocycles. The van der Waals surface area contributed by atoms with Crippen LogP contribution in [0.5, 0.6) is 17.2 Å². The van der Waals surface area contributed by atoms with Crippen molar-refractivity contribution in [3.8, 4) is 17.2 Å². The SMILES string of the molecule is COc1cc(C(CS[C@@H]2O[C@H](CO)[C@@H](O)[C@H](O)[C@H]2O)S[C@@H]2O[C@H](CO)[C@@H](O)[C@H](O)[C@H]2O)cc(OC)c1O. The summed E-state index contributed by atoms with van der Waals surface area (Å²) < 4.78 is 21.7. The van der Waals surface area contributed by atoms with Gasteiger partial charge in [-0.3, -0.25) is 0 Å². The van der Waals surface area contributed by atoms with Crippen molar-refractivity contribution in [2.24, 2.45) is 0 Å². The number of aliphatic hydroxyl groups is 8. The Morgan fingerprint density at radius 2 is 1.22 bits per heavy atom. The van der Waals surface area contributed by atoms with Crippen molar-refractivity contribution in [3.63, 3.8) is 0 Å². The Morgan fingerprint density at radius 1 is 0.757 bits per heavy atom. The molecule has 0 aromatic heterocycles. The van der Waals surface area contributed by atoms with Gasteiger partial charge in [0.2, 0.25) is 5.75 Å². The Morgan fingerprint density at radius 3 is 1.68 bits per heavy atom. The van der Waals surface area contributed by atoms with E-state index in [4.69, 9.17) is 18.9 Å². The minimum absolute atomic E-state index is 0.0894. The third-order valence-electron chi connectivity index (χ3n) is 6.28. The third kappa shape index (κ3) is 6.57. The predicted molar refractivity (Wildman–Crippen MR) is 132 cm³/mol. The summed E-state index contributed by atoms with van der Waals surface area (Å²) >= 11 is 2.07. The summed E-state index contributed by atoms with van der Waals surface area (Å²) in [5.41, 5.74) is -1.64. The molecule has 2 aliphatic heterocycles. The van der Waals surface area contributed by atoms with E-state index >= 15 is 0 Å². The highest BCUT2D eigenvalue weighted by Crippen LogP contribution is 2.46. The Labute approximate surface area is 221 Å². The molecule has 13 nitrogen and oxygen atoms in total. The Balaban J connectivity index is 1.89. The van der Waals surface area contributed by atoms with Gasteiger partial charge in [0.25, 0.3) is 0 Å². The molecule has 0 amide bonds. The van der Waals surface area contributed by atoms with Gasteiger partial charge in [0.05, 0.1) is 27.4 Å². The first-order chi connectivity index (χ1) is 17.6. The van der Waals surface area contributed by atoms with Crippen LogP contribution in [0.3, 0.4) is 0 Å². The fourth-order valence-corrected chi connectivity index (χ4v) is 6.88. The van der Waals surface area contributed by atoms with Crippen molar-refractivity contribution in [1.29, 1.82) is 0 Å². The van der Waals surface area contributed by atoms with Crippen molar-refractivity contribution in [1.82, 2.24) is 0 Å². The summed E-state index contributed by atoms with van der Waals surface area (Å²) in [5.74, 6) is 0.0598. The summed E-state index contributed by atoms with van der Waals surface area (Å²) in [6.45, 7) is -1.19. The van der Waals surface area contributed by atoms with Crippen LogP contribution >= 0.6 is 23.5 Å². The molecular weight excluding hydrogens is 536 g/mol. The van der Waals surface area contributed by atoms with E-state index in [1.165, 1.54) is 26.4 Å². The van der Waals surface area contributed by atoms with Gasteiger partial charge in [-0.1, -0.05) is 0 Å². The predicted octanol–water partition coefficient (Wildman–Crippen LogP) is -2.48. The number of hydrogen-bond acceptors (Lipinski definition) is 15. The standard InChI is InChI=1S/C22H34O13S2/c1-32-9-3-8(4-10(33-2)14(9)25)13(37-22-20(31)18(29)16(27)12(6-24)35-22)7-36-21-19(30)17(28)15(26)11(5-23)34-21/h3-4,11-13,15-31H,5-7H2,1-2H3/t11-,12-,13?,15-,16-,17+,18+,19-,20-,21+,22+/m1/s1. The largest absolute Gasteiger partial charge is 0.502 e. The Bertz CT molecular complexity index is 850. The van der Waals surface area contributed by atoms with Crippen LogP contribution in [-0.2, 0) is 9.47 Å². The van der Waals surface area contributed by atoms with Crippen molar-refractivity contribution >= 4 is 23.5 Å². The van der Waals surface area contributed by atoms with Crippen molar-refractivity contribution < 1.29 is 64.9 Å². The van der Waals surface area contributed by atoms with Crippen LogP contribution < -0.4 is 9.47 Å². The number of phenolic OH excluding ortho intramolecular Hbond substituents is 1. The molecule has 1 aromatic rings. The van der Waals surface area contributed by atoms with Crippen LogP contribution in [0.1, 0.15) is 10.8 Å². The van der Waals surface area contributed by atoms with Crippen LogP contribution in [0.25, 0.3) is 0 Å². The topological polar surface area (TPSA) is 219 Å². The molecule has 2 heterocycles. The van der Waals surface area contributed by atoms with Gasteiger partial charge in [-0.25, -0.2) is 0 Å². The maximum absolute atomic E-state index is 10.6. The normalized spacial score (nSPS) is 37.2. The molecule has 0 bridgehead atoms. The first-order valence-corrected chi connectivity index (χ1v) is 13.4. The van der Waals surface area contributed by atoms with Crippen LogP contribution in [0.4, 0.5) is 0 Å². The van der Waals surface area contributed by atoms with Gasteiger partial charge in [-0.15, -0.1) is 23.5 Å². The Hall–Kier alpha value is -1.08. The molecule has 0 spiro atoms. The number of thioether (sulfide) groups is 2. The zero-order valence-electron chi connectivity index (χ0n) is 20.1. The number of benzene rings is 1. The maximum atomic E-state index is 10.6. The fraction of sp³-hybridized carbons (Fsp3) is 0.727. The zero-order chi connectivity index (χ0) is 27.4. The highest BCUT2D eigenvalue weighted by atomic mass is 32.2. The number of ether oxygens (including phenoxy) is 4. The molecule has 212 valence electrons. The minimum atomic E-state index is -1.59. The lowest BCUT2D eigenvalue weighted by Gasteiger charge is -2.41. The molecule has 0 aliphatic carbocycles. The molecule has 1 unspecified atom stereocenters. The van der Waals surface area contributed by atoms with Crippen molar-refractivity contribution in [2.45, 2.75) is 65.0 Å². The quantitative estimate of drug-likeness (QED) is 0.142. The Kier molecular flexibility index (Phi) is 11.0. The zero-order valence-corrected chi connectivity index (χ0v) is 21.7. The second-order valence-electron chi connectivity index (χ2n) is 8.63. The molecule has 3 rings (SSSR count). The monoisotopic (exact) mass is 570 g/mol. The number of rotatable bonds is 10. The van der Waals surface area contributed by atoms with Crippen molar-refractivity contribution in [3.05, 3.63) is 17.7 Å². The van der Waals surface area contributed by atoms with Crippen LogP contribution in [0.15, 0.2) is 12.1 Å². The molecule has 11 atom stereocenters. The molecule has 0 radical (unpaired) electrons. The van der Waals surface area contributed by atoms with E-state index in [0.717, 1.165) is 23.5 Å². The summed E-state index contributed by atoms with van der Waals surface area (Å²) in [6.07, 6.45) is -11.4. The first kappa shape index (κ1) is 30.5. The van der Waals surface area contributed by atoms with E-state index in [1.807, 2.05) is 0 Å². The van der Waals surface area contributed by atoms with Crippen LogP contribution in [0, 0.1) is 0 Å². The molecule has 9 N–H and O–H groups in total. The summed E-state index contributed by atoms with van der Waals surface area (Å²) in [7, 11) is 2.70. The van der Waals surface area contributed by atoms with Gasteiger partial charge in [-0.05, 0) is 17.7 Å². The first-order valence-electron chi connectivity index (χ1n) is 11.4.